The van der Waals surface area contributed by atoms with E-state index in [1.165, 1.54) is 0 Å². The summed E-state index contributed by atoms with van der Waals surface area (Å²) in [4.78, 5) is 32.7. The first kappa shape index (κ1) is 28.3. The average Bonchev–Trinajstić information content (AvgIpc) is 3.25. The number of rotatable bonds is 10. The van der Waals surface area contributed by atoms with Crippen molar-refractivity contribution in [2.45, 2.75) is 45.3 Å². The molecule has 0 spiro atoms. The fourth-order valence-electron chi connectivity index (χ4n) is 3.45. The van der Waals surface area contributed by atoms with Crippen molar-refractivity contribution >= 4 is 52.4 Å². The van der Waals surface area contributed by atoms with E-state index in [-0.39, 0.29) is 18.9 Å². The van der Waals surface area contributed by atoms with Crippen LogP contribution in [-0.4, -0.2) is 47.4 Å². The summed E-state index contributed by atoms with van der Waals surface area (Å²) < 4.78 is 11.1. The van der Waals surface area contributed by atoms with Crippen LogP contribution in [0.5, 0.6) is 5.75 Å². The van der Waals surface area contributed by atoms with Crippen molar-refractivity contribution in [3.05, 3.63) is 59.2 Å². The molecule has 0 bridgehead atoms. The molecule has 3 aromatic rings. The first-order chi connectivity index (χ1) is 18.0. The van der Waals surface area contributed by atoms with E-state index in [0.29, 0.717) is 28.1 Å². The van der Waals surface area contributed by atoms with Gasteiger partial charge in [-0.3, -0.25) is 10.4 Å². The van der Waals surface area contributed by atoms with Gasteiger partial charge in [-0.1, -0.05) is 17.7 Å². The number of hydrogen-bond donors (Lipinski definition) is 5. The Bertz CT molecular complexity index is 1310. The van der Waals surface area contributed by atoms with Crippen LogP contribution in [0.1, 0.15) is 39.2 Å². The highest BCUT2D eigenvalue weighted by atomic mass is 35.5. The Hall–Kier alpha value is -4.25. The van der Waals surface area contributed by atoms with Crippen LogP contribution < -0.4 is 26.9 Å². The highest BCUT2D eigenvalue weighted by molar-refractivity contribution is 6.30. The van der Waals surface area contributed by atoms with Crippen molar-refractivity contribution < 1.29 is 19.1 Å². The molecular formula is C26H32ClN7O4. The van der Waals surface area contributed by atoms with Crippen molar-refractivity contribution in [3.8, 4) is 5.75 Å². The number of hydrazone groups is 1. The molecule has 2 aromatic carbocycles. The van der Waals surface area contributed by atoms with Crippen LogP contribution in [-0.2, 0) is 9.53 Å². The number of halogens is 1. The number of benzene rings is 2. The van der Waals surface area contributed by atoms with Gasteiger partial charge in [-0.25, -0.2) is 9.59 Å². The number of nitrogens with one attached hydrogen (secondary N) is 3. The summed E-state index contributed by atoms with van der Waals surface area (Å²) in [5, 5.41) is 8.14. The third-order valence-electron chi connectivity index (χ3n) is 5.07. The zero-order valence-electron chi connectivity index (χ0n) is 21.5. The number of anilines is 1. The number of carbonyl (C=O) groups excluding carboxylic acids is 2. The Morgan fingerprint density at radius 2 is 1.89 bits per heavy atom. The average molecular weight is 542 g/mol. The van der Waals surface area contributed by atoms with Gasteiger partial charge in [0, 0.05) is 28.8 Å². The summed E-state index contributed by atoms with van der Waals surface area (Å²) in [7, 11) is 0. The molecule has 7 N–H and O–H groups in total. The monoisotopic (exact) mass is 541 g/mol. The highest BCUT2D eigenvalue weighted by Gasteiger charge is 2.26. The molecule has 0 aliphatic heterocycles. The van der Waals surface area contributed by atoms with Crippen LogP contribution in [0.3, 0.4) is 0 Å². The van der Waals surface area contributed by atoms with E-state index in [0.717, 1.165) is 11.2 Å². The number of H-pyrrole nitrogens is 1. The third-order valence-corrected chi connectivity index (χ3v) is 5.32. The number of aliphatic imine (C=N–C) groups is 1. The molecule has 11 nitrogen and oxygen atoms in total. The normalized spacial score (nSPS) is 12.2. The van der Waals surface area contributed by atoms with Gasteiger partial charge in [0.05, 0.1) is 17.3 Å². The predicted molar refractivity (Wildman–Crippen MR) is 150 cm³/mol. The summed E-state index contributed by atoms with van der Waals surface area (Å²) >= 11 is 5.92. The molecule has 1 atom stereocenters. The largest absolute Gasteiger partial charge is 0.444 e. The lowest BCUT2D eigenvalue weighted by Crippen LogP contribution is -2.45. The Morgan fingerprint density at radius 1 is 1.16 bits per heavy atom. The maximum atomic E-state index is 13.2. The smallest absolute Gasteiger partial charge is 0.408 e. The molecule has 1 unspecified atom stereocenters. The molecule has 1 amide bonds. The van der Waals surface area contributed by atoms with Gasteiger partial charge in [0.2, 0.25) is 0 Å². The predicted octanol–water partition coefficient (Wildman–Crippen LogP) is 4.12. The van der Waals surface area contributed by atoms with Gasteiger partial charge in [-0.15, -0.1) is 0 Å². The standard InChI is InChI=1S/C26H32ClN7O4/c1-26(2,3)38-25(36)33-20(7-5-13-30-24(28)29)23(35)37-21-8-4-6-19-22(21)16(14-31-19)15-32-34-18-11-9-17(27)10-12-18/h4,6,8-12,14-15,20,31,34H,5,7,13H2,1-3H3,(H,33,36)(H4,28,29,30)/b32-15+. The summed E-state index contributed by atoms with van der Waals surface area (Å²) in [6, 6.07) is 11.4. The van der Waals surface area contributed by atoms with Gasteiger partial charge in [0.15, 0.2) is 5.96 Å². The Labute approximate surface area is 225 Å². The molecule has 0 aliphatic carbocycles. The first-order valence-electron chi connectivity index (χ1n) is 11.9. The van der Waals surface area contributed by atoms with Crippen LogP contribution >= 0.6 is 11.6 Å². The van der Waals surface area contributed by atoms with Gasteiger partial charge >= 0.3 is 12.1 Å². The number of esters is 1. The van der Waals surface area contributed by atoms with Crippen LogP contribution in [0.4, 0.5) is 10.5 Å². The van der Waals surface area contributed by atoms with Crippen molar-refractivity contribution in [3.63, 3.8) is 0 Å². The van der Waals surface area contributed by atoms with Crippen LogP contribution in [0, 0.1) is 0 Å². The minimum absolute atomic E-state index is 0.0527. The first-order valence-corrected chi connectivity index (χ1v) is 12.3. The van der Waals surface area contributed by atoms with E-state index >= 15 is 0 Å². The minimum Gasteiger partial charge on any atom is -0.444 e. The SMILES string of the molecule is CC(C)(C)OC(=O)NC(CCCN=C(N)N)C(=O)Oc1cccc2[nH]cc(/C=N/Nc3ccc(Cl)cc3)c12. The maximum Gasteiger partial charge on any atom is 0.408 e. The number of amides is 1. The number of carbonyl (C=O) groups is 2. The van der Waals surface area contributed by atoms with Gasteiger partial charge in [0.1, 0.15) is 17.4 Å². The number of nitrogens with two attached hydrogens (primary N) is 2. The fourth-order valence-corrected chi connectivity index (χ4v) is 3.57. The van der Waals surface area contributed by atoms with Gasteiger partial charge in [-0.2, -0.15) is 5.10 Å². The second kappa shape index (κ2) is 12.8. The number of hydrogen-bond acceptors (Lipinski definition) is 7. The molecule has 0 saturated heterocycles. The second-order valence-corrected chi connectivity index (χ2v) is 9.80. The fraction of sp³-hybridized carbons (Fsp3) is 0.308. The maximum absolute atomic E-state index is 13.2. The summed E-state index contributed by atoms with van der Waals surface area (Å²) in [5.74, 6) is -0.401. The molecule has 202 valence electrons. The van der Waals surface area contributed by atoms with Crippen molar-refractivity contribution in [2.75, 3.05) is 12.0 Å². The summed E-state index contributed by atoms with van der Waals surface area (Å²) in [6.07, 6.45) is 3.28. The van der Waals surface area contributed by atoms with Gasteiger partial charge < -0.3 is 31.2 Å². The molecule has 38 heavy (non-hydrogen) atoms. The van der Waals surface area contributed by atoms with Crippen LogP contribution in [0.2, 0.25) is 5.02 Å². The zero-order valence-corrected chi connectivity index (χ0v) is 22.2. The lowest BCUT2D eigenvalue weighted by molar-refractivity contribution is -0.136. The molecule has 3 rings (SSSR count). The third kappa shape index (κ3) is 8.70. The molecule has 0 aliphatic rings. The molecule has 0 saturated carbocycles. The van der Waals surface area contributed by atoms with Crippen molar-refractivity contribution in [1.82, 2.24) is 10.3 Å². The highest BCUT2D eigenvalue weighted by Crippen LogP contribution is 2.28. The number of alkyl carbamates (subject to hydrolysis) is 1. The second-order valence-electron chi connectivity index (χ2n) is 9.37. The number of aromatic amines is 1. The number of aromatic nitrogens is 1. The van der Waals surface area contributed by atoms with E-state index < -0.39 is 23.7 Å². The number of fused-ring (bicyclic) bond motifs is 1. The molecule has 0 fully saturated rings. The topological polar surface area (TPSA) is 169 Å². The summed E-state index contributed by atoms with van der Waals surface area (Å²) in [5.41, 5.74) is 15.1. The van der Waals surface area contributed by atoms with E-state index in [9.17, 15) is 9.59 Å². The Kier molecular flexibility index (Phi) is 9.55. The van der Waals surface area contributed by atoms with Crippen molar-refractivity contribution in [1.29, 1.82) is 0 Å². The lowest BCUT2D eigenvalue weighted by Gasteiger charge is -2.23. The Balaban J connectivity index is 1.78. The van der Waals surface area contributed by atoms with E-state index in [2.05, 4.69) is 25.8 Å². The van der Waals surface area contributed by atoms with Crippen LogP contribution in [0.15, 0.2) is 58.8 Å². The van der Waals surface area contributed by atoms with E-state index in [4.69, 9.17) is 32.5 Å². The Morgan fingerprint density at radius 3 is 2.58 bits per heavy atom. The van der Waals surface area contributed by atoms with E-state index in [1.807, 2.05) is 6.07 Å². The van der Waals surface area contributed by atoms with Gasteiger partial charge in [0.25, 0.3) is 0 Å². The molecule has 1 heterocycles. The number of ether oxygens (including phenoxy) is 2. The minimum atomic E-state index is -0.989. The molecule has 1 aromatic heterocycles. The number of nitrogens with zero attached hydrogens (tertiary/aromatic N) is 2. The zero-order chi connectivity index (χ0) is 27.7. The molecular weight excluding hydrogens is 510 g/mol. The number of guanidine groups is 1. The summed E-state index contributed by atoms with van der Waals surface area (Å²) in [6.45, 7) is 5.49. The molecule has 0 radical (unpaired) electrons. The molecule has 12 heteroatoms. The van der Waals surface area contributed by atoms with Gasteiger partial charge in [-0.05, 0) is 70.0 Å². The lowest BCUT2D eigenvalue weighted by atomic mass is 10.1. The van der Waals surface area contributed by atoms with E-state index in [1.54, 1.807) is 69.6 Å². The van der Waals surface area contributed by atoms with Crippen LogP contribution in [0.25, 0.3) is 10.9 Å². The quantitative estimate of drug-likeness (QED) is 0.0641. The van der Waals surface area contributed by atoms with Crippen molar-refractivity contribution in [2.24, 2.45) is 21.6 Å².